The zero-order chi connectivity index (χ0) is 18.4. The molecule has 2 N–H and O–H groups in total. The van der Waals surface area contributed by atoms with Crippen LogP contribution in [0.25, 0.3) is 0 Å². The van der Waals surface area contributed by atoms with Crippen molar-refractivity contribution < 1.29 is 27.0 Å². The maximum absolute atomic E-state index is 12.9. The second-order valence-corrected chi connectivity index (χ2v) is 5.21. The molecule has 2 rings (SSSR count). The number of anilines is 2. The first-order valence-corrected chi connectivity index (χ1v) is 7.38. The number of alkyl halides is 4. The van der Waals surface area contributed by atoms with Crippen LogP contribution in [0.5, 0.6) is 11.5 Å². The number of nitrogens with one attached hydrogen (secondary N) is 2. The molecule has 0 aromatic heterocycles. The number of rotatable bonds is 6. The van der Waals surface area contributed by atoms with Gasteiger partial charge in [-0.25, -0.2) is 0 Å². The van der Waals surface area contributed by atoms with Gasteiger partial charge in [-0.2, -0.15) is 17.6 Å². The second kappa shape index (κ2) is 8.02. The van der Waals surface area contributed by atoms with E-state index in [4.69, 9.17) is 17.0 Å². The lowest BCUT2D eigenvalue weighted by Gasteiger charge is -2.17. The van der Waals surface area contributed by atoms with E-state index in [1.165, 1.54) is 12.1 Å². The number of benzene rings is 2. The molecule has 25 heavy (non-hydrogen) atoms. The summed E-state index contributed by atoms with van der Waals surface area (Å²) in [6.45, 7) is 0. The van der Waals surface area contributed by atoms with Crippen molar-refractivity contribution in [2.24, 2.45) is 0 Å². The highest BCUT2D eigenvalue weighted by Crippen LogP contribution is 2.28. The van der Waals surface area contributed by atoms with E-state index in [-0.39, 0.29) is 5.11 Å². The quantitative estimate of drug-likeness (QED) is 0.565. The second-order valence-electron chi connectivity index (χ2n) is 4.80. The van der Waals surface area contributed by atoms with E-state index in [2.05, 4.69) is 15.4 Å². The van der Waals surface area contributed by atoms with E-state index < -0.39 is 18.3 Å². The van der Waals surface area contributed by atoms with Gasteiger partial charge in [-0.1, -0.05) is 6.07 Å². The summed E-state index contributed by atoms with van der Waals surface area (Å²) in [6, 6.07) is 12.1. The van der Waals surface area contributed by atoms with Gasteiger partial charge in [0.15, 0.2) is 5.11 Å². The first kappa shape index (κ1) is 18.8. The van der Waals surface area contributed by atoms with Crippen molar-refractivity contribution in [1.82, 2.24) is 0 Å². The van der Waals surface area contributed by atoms with Crippen LogP contribution in [0.4, 0.5) is 28.9 Å². The highest BCUT2D eigenvalue weighted by atomic mass is 32.1. The van der Waals surface area contributed by atoms with E-state index in [0.29, 0.717) is 17.1 Å². The number of hydrogen-bond acceptors (Lipinski definition) is 3. The minimum atomic E-state index is -4.57. The number of thiocarbonyl (C=S) groups is 1. The third-order valence-corrected chi connectivity index (χ3v) is 3.15. The van der Waals surface area contributed by atoms with E-state index in [0.717, 1.165) is 12.1 Å². The van der Waals surface area contributed by atoms with Crippen LogP contribution in [0.2, 0.25) is 0 Å². The summed E-state index contributed by atoms with van der Waals surface area (Å²) in [5.74, 6) is 0.261. The van der Waals surface area contributed by atoms with Gasteiger partial charge in [0.25, 0.3) is 0 Å². The maximum atomic E-state index is 12.9. The summed E-state index contributed by atoms with van der Waals surface area (Å²) in [4.78, 5) is 0. The fraction of sp³-hybridized carbons (Fsp3) is 0.188. The van der Waals surface area contributed by atoms with Crippen molar-refractivity contribution in [3.63, 3.8) is 0 Å². The summed E-state index contributed by atoms with van der Waals surface area (Å²) in [7, 11) is 1.54. The molecule has 0 unspecified atom stereocenters. The van der Waals surface area contributed by atoms with Crippen LogP contribution in [0.15, 0.2) is 48.5 Å². The fourth-order valence-corrected chi connectivity index (χ4v) is 2.04. The van der Waals surface area contributed by atoms with Crippen LogP contribution in [-0.2, 0) is 0 Å². The average Bonchev–Trinajstić information content (AvgIpc) is 2.55. The van der Waals surface area contributed by atoms with Crippen molar-refractivity contribution >= 4 is 28.7 Å². The monoisotopic (exact) mass is 374 g/mol. The van der Waals surface area contributed by atoms with Gasteiger partial charge in [-0.15, -0.1) is 0 Å². The molecule has 0 spiro atoms. The minimum absolute atomic E-state index is 0.183. The van der Waals surface area contributed by atoms with Gasteiger partial charge >= 0.3 is 12.5 Å². The van der Waals surface area contributed by atoms with E-state index in [1.54, 1.807) is 31.4 Å². The lowest BCUT2D eigenvalue weighted by Crippen LogP contribution is -2.33. The summed E-state index contributed by atoms with van der Waals surface area (Å²) in [5, 5.41) is 5.82. The number of hydrogen-bond donors (Lipinski definition) is 2. The van der Waals surface area contributed by atoms with Crippen LogP contribution in [0.3, 0.4) is 0 Å². The molecular weight excluding hydrogens is 360 g/mol. The Morgan fingerprint density at radius 3 is 2.24 bits per heavy atom. The third-order valence-electron chi connectivity index (χ3n) is 2.95. The Labute approximate surface area is 146 Å². The first-order valence-electron chi connectivity index (χ1n) is 6.97. The largest absolute Gasteiger partial charge is 0.497 e. The summed E-state index contributed by atoms with van der Waals surface area (Å²) in [6.07, 6.45) is -8.50. The van der Waals surface area contributed by atoms with Gasteiger partial charge in [-0.05, 0) is 48.6 Å². The van der Waals surface area contributed by atoms with Crippen molar-refractivity contribution in [2.45, 2.75) is 12.5 Å². The standard InChI is InChI=1S/C16H14F4N2O2S/c1-23-12-7-5-10(6-8-12)21-15(25)22-11-3-2-4-13(9-11)24-16(19,20)14(17)18/h2-9,14H,1H3,(H2,21,22,25). The van der Waals surface area contributed by atoms with Gasteiger partial charge in [-0.3, -0.25) is 0 Å². The topological polar surface area (TPSA) is 42.5 Å². The summed E-state index contributed by atoms with van der Waals surface area (Å²) in [5.41, 5.74) is 0.975. The average molecular weight is 374 g/mol. The van der Waals surface area contributed by atoms with Crippen molar-refractivity contribution in [2.75, 3.05) is 17.7 Å². The first-order chi connectivity index (χ1) is 11.8. The van der Waals surface area contributed by atoms with E-state index in [1.807, 2.05) is 0 Å². The normalized spacial score (nSPS) is 11.1. The molecule has 0 saturated carbocycles. The number of methoxy groups -OCH3 is 1. The molecule has 2 aromatic carbocycles. The van der Waals surface area contributed by atoms with E-state index >= 15 is 0 Å². The predicted molar refractivity (Wildman–Crippen MR) is 90.9 cm³/mol. The Morgan fingerprint density at radius 1 is 1.00 bits per heavy atom. The van der Waals surface area contributed by atoms with Crippen LogP contribution in [0, 0.1) is 0 Å². The molecule has 0 heterocycles. The Hall–Kier alpha value is -2.55. The van der Waals surface area contributed by atoms with Crippen molar-refractivity contribution in [1.29, 1.82) is 0 Å². The van der Waals surface area contributed by atoms with Crippen LogP contribution >= 0.6 is 12.2 Å². The molecule has 0 amide bonds. The highest BCUT2D eigenvalue weighted by Gasteiger charge is 2.43. The molecule has 0 atom stereocenters. The Kier molecular flexibility index (Phi) is 6.02. The molecule has 0 bridgehead atoms. The molecule has 0 fully saturated rings. The minimum Gasteiger partial charge on any atom is -0.497 e. The van der Waals surface area contributed by atoms with Gasteiger partial charge in [0, 0.05) is 17.4 Å². The summed E-state index contributed by atoms with van der Waals surface area (Å²) < 4.78 is 59.3. The Morgan fingerprint density at radius 2 is 1.64 bits per heavy atom. The van der Waals surface area contributed by atoms with Crippen molar-refractivity contribution in [3.05, 3.63) is 48.5 Å². The molecule has 2 aromatic rings. The molecule has 0 saturated heterocycles. The Bertz CT molecular complexity index is 726. The van der Waals surface area contributed by atoms with Gasteiger partial charge in [0.2, 0.25) is 0 Å². The summed E-state index contributed by atoms with van der Waals surface area (Å²) >= 11 is 5.11. The number of halogens is 4. The predicted octanol–water partition coefficient (Wildman–Crippen LogP) is 4.74. The third kappa shape index (κ3) is 5.49. The van der Waals surface area contributed by atoms with Gasteiger partial charge in [0.1, 0.15) is 11.5 Å². The van der Waals surface area contributed by atoms with Gasteiger partial charge in [0.05, 0.1) is 7.11 Å². The van der Waals surface area contributed by atoms with Gasteiger partial charge < -0.3 is 20.1 Å². The number of ether oxygens (including phenoxy) is 2. The highest BCUT2D eigenvalue weighted by molar-refractivity contribution is 7.80. The molecule has 0 aliphatic carbocycles. The molecule has 0 aliphatic heterocycles. The van der Waals surface area contributed by atoms with Crippen LogP contribution < -0.4 is 20.1 Å². The fourth-order valence-electron chi connectivity index (χ4n) is 1.81. The molecule has 0 aliphatic rings. The molecule has 134 valence electrons. The molecule has 9 heteroatoms. The lowest BCUT2D eigenvalue weighted by molar-refractivity contribution is -0.253. The smallest absolute Gasteiger partial charge is 0.461 e. The van der Waals surface area contributed by atoms with E-state index in [9.17, 15) is 17.6 Å². The van der Waals surface area contributed by atoms with Crippen LogP contribution in [-0.4, -0.2) is 24.8 Å². The zero-order valence-electron chi connectivity index (χ0n) is 12.9. The molecule has 0 radical (unpaired) electrons. The Balaban J connectivity index is 1.99. The van der Waals surface area contributed by atoms with Crippen molar-refractivity contribution in [3.8, 4) is 11.5 Å². The maximum Gasteiger partial charge on any atom is 0.461 e. The molecular formula is C16H14F4N2O2S. The SMILES string of the molecule is COc1ccc(NC(=S)Nc2cccc(OC(F)(F)C(F)F)c2)cc1. The lowest BCUT2D eigenvalue weighted by atomic mass is 10.3. The zero-order valence-corrected chi connectivity index (χ0v) is 13.7. The molecule has 4 nitrogen and oxygen atoms in total. The van der Waals surface area contributed by atoms with Crippen LogP contribution in [0.1, 0.15) is 0 Å².